The summed E-state index contributed by atoms with van der Waals surface area (Å²) in [6.07, 6.45) is 3.42. The highest BCUT2D eigenvalue weighted by atomic mass is 19.1. The van der Waals surface area contributed by atoms with Gasteiger partial charge in [0.05, 0.1) is 11.9 Å². The Hall–Kier alpha value is -2.28. The van der Waals surface area contributed by atoms with Crippen molar-refractivity contribution in [3.63, 3.8) is 0 Å². The number of hydrogen-bond donors (Lipinski definition) is 2. The molecule has 1 atom stereocenters. The van der Waals surface area contributed by atoms with Crippen LogP contribution in [0.25, 0.3) is 5.69 Å². The maximum absolute atomic E-state index is 12.9. The summed E-state index contributed by atoms with van der Waals surface area (Å²) in [5.41, 5.74) is 0.861. The molecule has 3 rings (SSSR count). The van der Waals surface area contributed by atoms with Crippen LogP contribution in [0.2, 0.25) is 0 Å². The molecule has 1 aromatic heterocycles. The number of nitrogens with zero attached hydrogens (tertiary/aromatic N) is 3. The smallest absolute Gasteiger partial charge is 0.273 e. The van der Waals surface area contributed by atoms with E-state index < -0.39 is 0 Å². The molecule has 1 saturated heterocycles. The van der Waals surface area contributed by atoms with Gasteiger partial charge in [-0.25, -0.2) is 4.39 Å². The van der Waals surface area contributed by atoms with Gasteiger partial charge in [0, 0.05) is 12.6 Å². The van der Waals surface area contributed by atoms with Crippen LogP contribution in [-0.2, 0) is 0 Å². The van der Waals surface area contributed by atoms with Gasteiger partial charge in [-0.2, -0.15) is 9.90 Å². The van der Waals surface area contributed by atoms with Crippen LogP contribution in [0.3, 0.4) is 0 Å². The maximum atomic E-state index is 12.9. The molecular weight excluding hydrogens is 273 g/mol. The summed E-state index contributed by atoms with van der Waals surface area (Å²) in [6, 6.07) is 5.89. The molecule has 0 aliphatic carbocycles. The molecule has 0 bridgehead atoms. The minimum atomic E-state index is -0.325. The molecule has 0 unspecified atom stereocenters. The molecule has 2 N–H and O–H groups in total. The fourth-order valence-electron chi connectivity index (χ4n) is 2.30. The predicted molar refractivity (Wildman–Crippen MR) is 74.7 cm³/mol. The molecule has 1 aliphatic rings. The lowest BCUT2D eigenvalue weighted by molar-refractivity contribution is 0.0925. The van der Waals surface area contributed by atoms with Crippen molar-refractivity contribution in [3.8, 4) is 5.69 Å². The number of rotatable bonds is 3. The largest absolute Gasteiger partial charge is 0.347 e. The third-order valence-corrected chi connectivity index (χ3v) is 3.41. The molecule has 1 aromatic carbocycles. The monoisotopic (exact) mass is 289 g/mol. The zero-order valence-corrected chi connectivity index (χ0v) is 11.4. The van der Waals surface area contributed by atoms with Crippen molar-refractivity contribution in [1.29, 1.82) is 0 Å². The van der Waals surface area contributed by atoms with Crippen molar-refractivity contribution in [1.82, 2.24) is 25.6 Å². The van der Waals surface area contributed by atoms with Crippen molar-refractivity contribution < 1.29 is 9.18 Å². The van der Waals surface area contributed by atoms with E-state index in [0.717, 1.165) is 25.9 Å². The molecule has 0 radical (unpaired) electrons. The lowest BCUT2D eigenvalue weighted by Gasteiger charge is -2.23. The van der Waals surface area contributed by atoms with Crippen LogP contribution in [0.1, 0.15) is 23.3 Å². The van der Waals surface area contributed by atoms with Crippen molar-refractivity contribution >= 4 is 5.91 Å². The number of piperidine rings is 1. The Labute approximate surface area is 121 Å². The van der Waals surface area contributed by atoms with Crippen molar-refractivity contribution in [2.75, 3.05) is 13.1 Å². The van der Waals surface area contributed by atoms with E-state index in [9.17, 15) is 9.18 Å². The summed E-state index contributed by atoms with van der Waals surface area (Å²) < 4.78 is 12.9. The van der Waals surface area contributed by atoms with Gasteiger partial charge < -0.3 is 10.6 Å². The molecule has 21 heavy (non-hydrogen) atoms. The molecule has 6 nitrogen and oxygen atoms in total. The molecule has 1 amide bonds. The minimum Gasteiger partial charge on any atom is -0.347 e. The summed E-state index contributed by atoms with van der Waals surface area (Å²) >= 11 is 0. The first-order chi connectivity index (χ1) is 10.2. The summed E-state index contributed by atoms with van der Waals surface area (Å²) in [7, 11) is 0. The van der Waals surface area contributed by atoms with E-state index in [2.05, 4.69) is 20.8 Å². The Kier molecular flexibility index (Phi) is 3.92. The van der Waals surface area contributed by atoms with Gasteiger partial charge in [0.25, 0.3) is 5.91 Å². The molecule has 2 heterocycles. The van der Waals surface area contributed by atoms with Gasteiger partial charge in [-0.15, -0.1) is 5.10 Å². The Balaban J connectivity index is 1.69. The first kappa shape index (κ1) is 13.7. The highest BCUT2D eigenvalue weighted by molar-refractivity contribution is 5.92. The van der Waals surface area contributed by atoms with Gasteiger partial charge in [0.1, 0.15) is 5.82 Å². The number of aromatic nitrogens is 3. The van der Waals surface area contributed by atoms with Crippen LogP contribution in [0.5, 0.6) is 0 Å². The van der Waals surface area contributed by atoms with Crippen molar-refractivity contribution in [2.45, 2.75) is 18.9 Å². The standard InChI is InChI=1S/C14H16FN5O/c15-10-3-5-12(6-4-10)20-17-9-13(19-20)14(21)18-11-2-1-7-16-8-11/h3-6,9,11,16H,1-2,7-8H2,(H,18,21)/t11-/m0/s1. The summed E-state index contributed by atoms with van der Waals surface area (Å²) in [5, 5.41) is 14.3. The number of benzene rings is 1. The van der Waals surface area contributed by atoms with E-state index in [1.165, 1.54) is 23.1 Å². The SMILES string of the molecule is O=C(N[C@H]1CCCNC1)c1cnn(-c2ccc(F)cc2)n1. The molecular formula is C14H16FN5O. The second-order valence-corrected chi connectivity index (χ2v) is 5.01. The fourth-order valence-corrected chi connectivity index (χ4v) is 2.30. The maximum Gasteiger partial charge on any atom is 0.273 e. The molecule has 0 saturated carbocycles. The number of carbonyl (C=O) groups is 1. The van der Waals surface area contributed by atoms with Crippen LogP contribution >= 0.6 is 0 Å². The lowest BCUT2D eigenvalue weighted by Crippen LogP contribution is -2.45. The van der Waals surface area contributed by atoms with Crippen LogP contribution in [0.15, 0.2) is 30.5 Å². The van der Waals surface area contributed by atoms with Crippen LogP contribution < -0.4 is 10.6 Å². The Morgan fingerprint density at radius 3 is 2.90 bits per heavy atom. The van der Waals surface area contributed by atoms with Crippen molar-refractivity contribution in [2.24, 2.45) is 0 Å². The van der Waals surface area contributed by atoms with Crippen LogP contribution in [0, 0.1) is 5.82 Å². The Bertz CT molecular complexity index is 619. The van der Waals surface area contributed by atoms with E-state index >= 15 is 0 Å². The van der Waals surface area contributed by atoms with Crippen molar-refractivity contribution in [3.05, 3.63) is 42.0 Å². The van der Waals surface area contributed by atoms with Gasteiger partial charge in [-0.05, 0) is 43.7 Å². The van der Waals surface area contributed by atoms with E-state index in [-0.39, 0.29) is 23.5 Å². The topological polar surface area (TPSA) is 71.8 Å². The van der Waals surface area contributed by atoms with Gasteiger partial charge >= 0.3 is 0 Å². The summed E-state index contributed by atoms with van der Waals surface area (Å²) in [5.74, 6) is -0.564. The summed E-state index contributed by atoms with van der Waals surface area (Å²) in [6.45, 7) is 1.77. The van der Waals surface area contributed by atoms with Crippen LogP contribution in [-0.4, -0.2) is 40.0 Å². The Morgan fingerprint density at radius 2 is 2.19 bits per heavy atom. The van der Waals surface area contributed by atoms with E-state index in [4.69, 9.17) is 0 Å². The quantitative estimate of drug-likeness (QED) is 0.880. The van der Waals surface area contributed by atoms with Gasteiger partial charge in [0.15, 0.2) is 5.69 Å². The molecule has 7 heteroatoms. The fraction of sp³-hybridized carbons (Fsp3) is 0.357. The molecule has 110 valence electrons. The van der Waals surface area contributed by atoms with E-state index in [1.54, 1.807) is 12.1 Å². The highest BCUT2D eigenvalue weighted by Crippen LogP contribution is 2.08. The zero-order chi connectivity index (χ0) is 14.7. The average Bonchev–Trinajstić information content (AvgIpc) is 2.99. The average molecular weight is 289 g/mol. The molecule has 1 aliphatic heterocycles. The first-order valence-electron chi connectivity index (χ1n) is 6.92. The molecule has 2 aromatic rings. The van der Waals surface area contributed by atoms with Crippen LogP contribution in [0.4, 0.5) is 4.39 Å². The number of halogens is 1. The lowest BCUT2D eigenvalue weighted by atomic mass is 10.1. The summed E-state index contributed by atoms with van der Waals surface area (Å²) in [4.78, 5) is 13.4. The highest BCUT2D eigenvalue weighted by Gasteiger charge is 2.18. The molecule has 0 spiro atoms. The minimum absolute atomic E-state index is 0.127. The number of carbonyl (C=O) groups excluding carboxylic acids is 1. The second kappa shape index (κ2) is 6.01. The second-order valence-electron chi connectivity index (χ2n) is 5.01. The Morgan fingerprint density at radius 1 is 1.38 bits per heavy atom. The number of nitrogens with one attached hydrogen (secondary N) is 2. The van der Waals surface area contributed by atoms with Gasteiger partial charge in [0.2, 0.25) is 0 Å². The third kappa shape index (κ3) is 3.25. The number of amides is 1. The first-order valence-corrected chi connectivity index (χ1v) is 6.92. The third-order valence-electron chi connectivity index (χ3n) is 3.41. The van der Waals surface area contributed by atoms with Gasteiger partial charge in [-0.1, -0.05) is 0 Å². The zero-order valence-electron chi connectivity index (χ0n) is 11.4. The van der Waals surface area contributed by atoms with E-state index in [0.29, 0.717) is 5.69 Å². The van der Waals surface area contributed by atoms with E-state index in [1.807, 2.05) is 0 Å². The normalized spacial score (nSPS) is 18.4. The predicted octanol–water partition coefficient (Wildman–Crippen LogP) is 0.888. The van der Waals surface area contributed by atoms with Gasteiger partial charge in [-0.3, -0.25) is 4.79 Å². The number of hydrogen-bond acceptors (Lipinski definition) is 4. The molecule has 1 fully saturated rings.